The largest absolute Gasteiger partial charge is 0.437 e. The van der Waals surface area contributed by atoms with Crippen LogP contribution in [0.25, 0.3) is 22.2 Å². The van der Waals surface area contributed by atoms with Crippen LogP contribution in [0.1, 0.15) is 0 Å². The van der Waals surface area contributed by atoms with E-state index >= 15 is 0 Å². The summed E-state index contributed by atoms with van der Waals surface area (Å²) in [5.74, 6) is 0. The van der Waals surface area contributed by atoms with Gasteiger partial charge in [0.05, 0.1) is 0 Å². The van der Waals surface area contributed by atoms with E-state index < -0.39 is 0 Å². The Hall–Kier alpha value is -1.57. The van der Waals surface area contributed by atoms with Gasteiger partial charge in [-0.2, -0.15) is 0 Å². The summed E-state index contributed by atoms with van der Waals surface area (Å²) < 4.78 is 5.37. The Morgan fingerprint density at radius 2 is 2.09 bits per heavy atom. The monoisotopic (exact) mass is 143 g/mol. The molecule has 0 amide bonds. The number of oxazole rings is 1. The van der Waals surface area contributed by atoms with Crippen molar-refractivity contribution in [1.29, 1.82) is 0 Å². The van der Waals surface area contributed by atoms with Crippen LogP contribution >= 0.6 is 0 Å². The summed E-state index contributed by atoms with van der Waals surface area (Å²) in [7, 11) is 0. The Morgan fingerprint density at radius 3 is 3.09 bits per heavy atom. The van der Waals surface area contributed by atoms with Gasteiger partial charge in [-0.15, -0.1) is 0 Å². The molecule has 0 radical (unpaired) electrons. The highest BCUT2D eigenvalue weighted by Crippen LogP contribution is 2.23. The van der Waals surface area contributed by atoms with Gasteiger partial charge < -0.3 is 4.42 Å². The molecule has 1 aromatic carbocycles. The molecule has 0 aliphatic carbocycles. The number of nitrogens with zero attached hydrogens (tertiary/aromatic N) is 1. The van der Waals surface area contributed by atoms with E-state index in [-0.39, 0.29) is 0 Å². The number of rotatable bonds is 0. The smallest absolute Gasteiger partial charge is 0.220 e. The lowest BCUT2D eigenvalue weighted by Crippen LogP contribution is -1.71. The summed E-state index contributed by atoms with van der Waals surface area (Å²) in [5, 5.41) is 1.14. The highest BCUT2D eigenvalue weighted by Gasteiger charge is 2.04. The minimum atomic E-state index is 0.707. The molecule has 52 valence electrons. The molecule has 0 fully saturated rings. The van der Waals surface area contributed by atoms with Gasteiger partial charge in [-0.05, 0) is 12.1 Å². The number of hydrogen-bond donors (Lipinski definition) is 0. The second kappa shape index (κ2) is 1.53. The minimum absolute atomic E-state index is 0.707. The van der Waals surface area contributed by atoms with Gasteiger partial charge in [0.15, 0.2) is 5.58 Å². The van der Waals surface area contributed by atoms with Crippen molar-refractivity contribution in [3.8, 4) is 0 Å². The molecule has 2 heterocycles. The maximum absolute atomic E-state index is 5.37. The molecule has 2 nitrogen and oxygen atoms in total. The van der Waals surface area contributed by atoms with Crippen molar-refractivity contribution < 1.29 is 4.42 Å². The minimum Gasteiger partial charge on any atom is -0.437 e. The van der Waals surface area contributed by atoms with E-state index in [1.54, 1.807) is 0 Å². The maximum Gasteiger partial charge on any atom is 0.220 e. The molecule has 0 spiro atoms. The second-order valence-electron chi connectivity index (χ2n) is 2.58. The average Bonchev–Trinajstić information content (AvgIpc) is 2.42. The van der Waals surface area contributed by atoms with E-state index in [0.717, 1.165) is 16.5 Å². The first-order chi connectivity index (χ1) is 5.43. The van der Waals surface area contributed by atoms with Gasteiger partial charge in [0.1, 0.15) is 5.52 Å². The molecular weight excluding hydrogens is 138 g/mol. The topological polar surface area (TPSA) is 26.0 Å². The summed E-state index contributed by atoms with van der Waals surface area (Å²) in [4.78, 5) is 4.25. The molecule has 2 heteroatoms. The van der Waals surface area contributed by atoms with Crippen LogP contribution in [-0.4, -0.2) is 4.98 Å². The van der Waals surface area contributed by atoms with Gasteiger partial charge in [0.2, 0.25) is 5.71 Å². The zero-order chi connectivity index (χ0) is 7.26. The number of para-hydroxylation sites is 1. The van der Waals surface area contributed by atoms with Gasteiger partial charge in [-0.3, -0.25) is 0 Å². The Morgan fingerprint density at radius 1 is 1.09 bits per heavy atom. The van der Waals surface area contributed by atoms with Crippen LogP contribution in [0.4, 0.5) is 0 Å². The Bertz CT molecular complexity index is 476. The number of benzene rings is 1. The summed E-state index contributed by atoms with van der Waals surface area (Å²) >= 11 is 0. The first kappa shape index (κ1) is 5.13. The average molecular weight is 143 g/mol. The zero-order valence-electron chi connectivity index (χ0n) is 5.74. The van der Waals surface area contributed by atoms with E-state index in [0.29, 0.717) is 5.71 Å². The third-order valence-electron chi connectivity index (χ3n) is 1.87. The molecule has 0 saturated heterocycles. The molecule has 0 N–H and O–H groups in total. The van der Waals surface area contributed by atoms with Crippen LogP contribution in [0.5, 0.6) is 0 Å². The molecule has 3 rings (SSSR count). The van der Waals surface area contributed by atoms with E-state index in [9.17, 15) is 0 Å². The van der Waals surface area contributed by atoms with Gasteiger partial charge in [0.25, 0.3) is 0 Å². The van der Waals surface area contributed by atoms with Crippen molar-refractivity contribution in [2.24, 2.45) is 0 Å². The fourth-order valence-electron chi connectivity index (χ4n) is 1.35. The van der Waals surface area contributed by atoms with Crippen molar-refractivity contribution in [2.75, 3.05) is 0 Å². The van der Waals surface area contributed by atoms with Crippen LogP contribution in [0.2, 0.25) is 0 Å². The number of hydrogen-bond acceptors (Lipinski definition) is 2. The molecule has 11 heavy (non-hydrogen) atoms. The number of fused-ring (bicyclic) bond motifs is 1. The van der Waals surface area contributed by atoms with Crippen LogP contribution in [0.3, 0.4) is 0 Å². The predicted octanol–water partition coefficient (Wildman–Crippen LogP) is 2.42. The SMILES string of the molecule is c1cc2ccc3nc2c(c1)o3. The van der Waals surface area contributed by atoms with Crippen molar-refractivity contribution >= 4 is 22.2 Å². The van der Waals surface area contributed by atoms with Crippen LogP contribution in [0.15, 0.2) is 34.7 Å². The number of pyridine rings is 1. The lowest BCUT2D eigenvalue weighted by atomic mass is 10.2. The van der Waals surface area contributed by atoms with Crippen molar-refractivity contribution in [1.82, 2.24) is 4.98 Å². The van der Waals surface area contributed by atoms with Gasteiger partial charge in [0, 0.05) is 11.5 Å². The molecule has 0 aliphatic rings. The number of aromatic nitrogens is 1. The molecule has 0 atom stereocenters. The van der Waals surface area contributed by atoms with E-state index in [2.05, 4.69) is 4.98 Å². The molecule has 0 unspecified atom stereocenters. The lowest BCUT2D eigenvalue weighted by molar-refractivity contribution is 0.660. The first-order valence-electron chi connectivity index (χ1n) is 3.51. The van der Waals surface area contributed by atoms with Gasteiger partial charge in [-0.25, -0.2) is 4.98 Å². The Labute approximate surface area is 62.8 Å². The van der Waals surface area contributed by atoms with Crippen LogP contribution in [-0.2, 0) is 0 Å². The molecule has 2 bridgehead atoms. The van der Waals surface area contributed by atoms with E-state index in [4.69, 9.17) is 4.42 Å². The fraction of sp³-hybridized carbons (Fsp3) is 0. The third-order valence-corrected chi connectivity index (χ3v) is 1.87. The second-order valence-corrected chi connectivity index (χ2v) is 2.58. The maximum atomic E-state index is 5.37. The van der Waals surface area contributed by atoms with Crippen LogP contribution in [0, 0.1) is 0 Å². The highest BCUT2D eigenvalue weighted by molar-refractivity contribution is 5.94. The Balaban J connectivity index is 2.82. The Kier molecular flexibility index (Phi) is 0.714. The fourth-order valence-corrected chi connectivity index (χ4v) is 1.35. The summed E-state index contributed by atoms with van der Waals surface area (Å²) in [5.41, 5.74) is 2.56. The van der Waals surface area contributed by atoms with Crippen molar-refractivity contribution in [3.63, 3.8) is 0 Å². The highest BCUT2D eigenvalue weighted by atomic mass is 16.3. The predicted molar refractivity (Wildman–Crippen MR) is 42.7 cm³/mol. The zero-order valence-corrected chi connectivity index (χ0v) is 5.74. The van der Waals surface area contributed by atoms with Crippen molar-refractivity contribution in [2.45, 2.75) is 0 Å². The lowest BCUT2D eigenvalue weighted by Gasteiger charge is -1.87. The molecule has 3 aromatic rings. The molecule has 2 aromatic heterocycles. The van der Waals surface area contributed by atoms with Crippen molar-refractivity contribution in [3.05, 3.63) is 30.3 Å². The molecule has 0 saturated carbocycles. The van der Waals surface area contributed by atoms with E-state index in [1.807, 2.05) is 30.3 Å². The summed E-state index contributed by atoms with van der Waals surface area (Å²) in [6.45, 7) is 0. The standard InChI is InChI=1S/C9H5NO/c1-2-6-4-5-8-10-9(6)7(3-1)11-8/h1-5H. The van der Waals surface area contributed by atoms with Gasteiger partial charge >= 0.3 is 0 Å². The normalized spacial score (nSPS) is 11.6. The van der Waals surface area contributed by atoms with Crippen LogP contribution < -0.4 is 0 Å². The first-order valence-corrected chi connectivity index (χ1v) is 3.51. The summed E-state index contributed by atoms with van der Waals surface area (Å²) in [6, 6.07) is 9.85. The third kappa shape index (κ3) is 0.539. The van der Waals surface area contributed by atoms with Gasteiger partial charge in [-0.1, -0.05) is 12.1 Å². The molecule has 0 aliphatic heterocycles. The molecular formula is C9H5NO. The van der Waals surface area contributed by atoms with E-state index in [1.165, 1.54) is 0 Å². The summed E-state index contributed by atoms with van der Waals surface area (Å²) in [6.07, 6.45) is 0. The quantitative estimate of drug-likeness (QED) is 0.483.